The highest BCUT2D eigenvalue weighted by molar-refractivity contribution is 7.92. The van der Waals surface area contributed by atoms with E-state index in [1.54, 1.807) is 91.0 Å². The fourth-order valence-electron chi connectivity index (χ4n) is 4.07. The van der Waals surface area contributed by atoms with Crippen LogP contribution in [0.5, 0.6) is 0 Å². The largest absolute Gasteiger partial charge is 0.279 e. The van der Waals surface area contributed by atoms with Gasteiger partial charge in [0.15, 0.2) is 0 Å². The van der Waals surface area contributed by atoms with Crippen molar-refractivity contribution in [1.29, 1.82) is 0 Å². The van der Waals surface area contributed by atoms with Crippen LogP contribution in [0.2, 0.25) is 0 Å². The Bertz CT molecular complexity index is 1750. The molecular weight excluding hydrogens is 468 g/mol. The Kier molecular flexibility index (Phi) is 5.22. The zero-order chi connectivity index (χ0) is 24.1. The van der Waals surface area contributed by atoms with E-state index in [1.165, 1.54) is 3.97 Å². The van der Waals surface area contributed by atoms with Crippen LogP contribution in [0, 0.1) is 13.8 Å². The Morgan fingerprint density at radius 2 is 1.18 bits per heavy atom. The van der Waals surface area contributed by atoms with Gasteiger partial charge >= 0.3 is 0 Å². The lowest BCUT2D eigenvalue weighted by Crippen LogP contribution is -2.14. The quantitative estimate of drug-likeness (QED) is 0.355. The van der Waals surface area contributed by atoms with Gasteiger partial charge in [-0.1, -0.05) is 59.7 Å². The molecule has 0 aliphatic carbocycles. The van der Waals surface area contributed by atoms with Crippen molar-refractivity contribution < 1.29 is 16.8 Å². The second-order valence-electron chi connectivity index (χ2n) is 8.22. The number of hydrogen-bond acceptors (Lipinski definition) is 4. The van der Waals surface area contributed by atoms with Crippen molar-refractivity contribution in [2.75, 3.05) is 4.72 Å². The number of aromatic nitrogens is 1. The van der Waals surface area contributed by atoms with E-state index in [2.05, 4.69) is 4.72 Å². The zero-order valence-corrected chi connectivity index (χ0v) is 20.2. The van der Waals surface area contributed by atoms with Crippen LogP contribution in [-0.4, -0.2) is 20.8 Å². The third kappa shape index (κ3) is 3.65. The average Bonchev–Trinajstić information content (AvgIpc) is 3.15. The average molecular weight is 491 g/mol. The predicted octanol–water partition coefficient (Wildman–Crippen LogP) is 5.45. The third-order valence-electron chi connectivity index (χ3n) is 5.79. The number of hydrogen-bond donors (Lipinski definition) is 1. The lowest BCUT2D eigenvalue weighted by atomic mass is 10.1. The van der Waals surface area contributed by atoms with E-state index in [0.717, 1.165) is 11.1 Å². The van der Waals surface area contributed by atoms with Crippen LogP contribution in [0.3, 0.4) is 0 Å². The van der Waals surface area contributed by atoms with E-state index in [4.69, 9.17) is 0 Å². The first-order chi connectivity index (χ1) is 16.2. The first-order valence-electron chi connectivity index (χ1n) is 10.6. The number of benzene rings is 4. The molecule has 0 saturated heterocycles. The lowest BCUT2D eigenvalue weighted by Gasteiger charge is -2.11. The maximum Gasteiger partial charge on any atom is 0.268 e. The van der Waals surface area contributed by atoms with Gasteiger partial charge in [-0.05, 0) is 56.3 Å². The Morgan fingerprint density at radius 1 is 0.618 bits per heavy atom. The molecule has 1 aromatic heterocycles. The number of sulfonamides is 1. The maximum absolute atomic E-state index is 13.7. The van der Waals surface area contributed by atoms with Crippen LogP contribution in [0.25, 0.3) is 21.8 Å². The highest BCUT2D eigenvalue weighted by Crippen LogP contribution is 2.37. The Labute approximate surface area is 198 Å². The fraction of sp³-hybridized carbons (Fsp3) is 0.0769. The topological polar surface area (TPSA) is 85.2 Å². The highest BCUT2D eigenvalue weighted by Gasteiger charge is 2.25. The number of anilines is 1. The summed E-state index contributed by atoms with van der Waals surface area (Å²) in [6.45, 7) is 3.77. The molecule has 8 heteroatoms. The summed E-state index contributed by atoms with van der Waals surface area (Å²) in [4.78, 5) is 0.289. The van der Waals surface area contributed by atoms with Crippen LogP contribution < -0.4 is 4.72 Å². The summed E-state index contributed by atoms with van der Waals surface area (Å²) >= 11 is 0. The molecule has 4 aromatic carbocycles. The van der Waals surface area contributed by atoms with E-state index >= 15 is 0 Å². The van der Waals surface area contributed by atoms with E-state index in [1.807, 2.05) is 13.8 Å². The van der Waals surface area contributed by atoms with Crippen molar-refractivity contribution in [1.82, 2.24) is 3.97 Å². The van der Waals surface area contributed by atoms with Gasteiger partial charge in [-0.25, -0.2) is 20.8 Å². The van der Waals surface area contributed by atoms with Crippen molar-refractivity contribution in [3.63, 3.8) is 0 Å². The summed E-state index contributed by atoms with van der Waals surface area (Å²) < 4.78 is 57.6. The van der Waals surface area contributed by atoms with E-state index < -0.39 is 20.0 Å². The summed E-state index contributed by atoms with van der Waals surface area (Å²) in [5, 5.41) is 1.15. The summed E-state index contributed by atoms with van der Waals surface area (Å²) in [5.74, 6) is 0. The summed E-state index contributed by atoms with van der Waals surface area (Å²) in [7, 11) is -7.83. The molecule has 0 spiro atoms. The molecule has 0 aliphatic rings. The number of para-hydroxylation sites is 1. The fourth-order valence-corrected chi connectivity index (χ4v) is 6.66. The summed E-state index contributed by atoms with van der Waals surface area (Å²) in [6, 6.07) is 25.3. The van der Waals surface area contributed by atoms with Gasteiger partial charge in [-0.2, -0.15) is 0 Å². The molecule has 172 valence electrons. The van der Waals surface area contributed by atoms with Crippen molar-refractivity contribution in [3.05, 3.63) is 102 Å². The van der Waals surface area contributed by atoms with Crippen molar-refractivity contribution >= 4 is 47.5 Å². The van der Waals surface area contributed by atoms with Gasteiger partial charge in [0.2, 0.25) is 0 Å². The Morgan fingerprint density at radius 3 is 1.82 bits per heavy atom. The van der Waals surface area contributed by atoms with E-state index in [0.29, 0.717) is 27.5 Å². The van der Waals surface area contributed by atoms with Gasteiger partial charge in [-0.3, -0.25) is 4.72 Å². The van der Waals surface area contributed by atoms with Crippen LogP contribution in [0.4, 0.5) is 5.69 Å². The Hall–Kier alpha value is -3.62. The molecule has 0 atom stereocenters. The van der Waals surface area contributed by atoms with Crippen LogP contribution in [0.15, 0.2) is 101 Å². The van der Waals surface area contributed by atoms with Crippen LogP contribution in [-0.2, 0) is 20.0 Å². The second kappa shape index (κ2) is 8.00. The maximum atomic E-state index is 13.7. The van der Waals surface area contributed by atoms with Gasteiger partial charge in [0.1, 0.15) is 0 Å². The molecular formula is C26H22N2O4S2. The molecule has 0 bridgehead atoms. The zero-order valence-electron chi connectivity index (χ0n) is 18.6. The minimum atomic E-state index is -3.94. The van der Waals surface area contributed by atoms with Gasteiger partial charge in [0.25, 0.3) is 20.0 Å². The molecule has 5 aromatic rings. The van der Waals surface area contributed by atoms with Crippen LogP contribution in [0.1, 0.15) is 11.1 Å². The molecule has 34 heavy (non-hydrogen) atoms. The molecule has 0 amide bonds. The molecule has 1 heterocycles. The molecule has 0 aliphatic heterocycles. The smallest absolute Gasteiger partial charge is 0.268 e. The molecule has 5 rings (SSSR count). The highest BCUT2D eigenvalue weighted by atomic mass is 32.2. The van der Waals surface area contributed by atoms with E-state index in [9.17, 15) is 16.8 Å². The SMILES string of the molecule is Cc1ccc(S(=O)(=O)Nc2cccc3c2c2ccccc2n3S(=O)(=O)c2ccc(C)cc2)cc1. The molecule has 1 N–H and O–H groups in total. The minimum absolute atomic E-state index is 0.131. The standard InChI is InChI=1S/C26H22N2O4S2/c1-18-10-14-20(15-11-18)33(29,30)27-23-7-5-9-25-26(23)22-6-3-4-8-24(22)28(25)34(31,32)21-16-12-19(2)13-17-21/h3-17,27H,1-2H3. The molecule has 0 radical (unpaired) electrons. The Balaban J connectivity index is 1.75. The van der Waals surface area contributed by atoms with Gasteiger partial charge in [-0.15, -0.1) is 0 Å². The first-order valence-corrected chi connectivity index (χ1v) is 13.5. The van der Waals surface area contributed by atoms with Gasteiger partial charge in [0.05, 0.1) is 26.5 Å². The number of nitrogens with zero attached hydrogens (tertiary/aromatic N) is 1. The summed E-state index contributed by atoms with van der Waals surface area (Å²) in [6.07, 6.45) is 0. The number of fused-ring (bicyclic) bond motifs is 3. The number of rotatable bonds is 5. The molecule has 0 saturated carbocycles. The lowest BCUT2D eigenvalue weighted by molar-refractivity contribution is 0.590. The number of aryl methyl sites for hydroxylation is 2. The van der Waals surface area contributed by atoms with Crippen LogP contribution >= 0.6 is 0 Å². The van der Waals surface area contributed by atoms with Gasteiger partial charge < -0.3 is 0 Å². The molecule has 0 fully saturated rings. The normalized spacial score (nSPS) is 12.3. The van der Waals surface area contributed by atoms with Crippen molar-refractivity contribution in [2.45, 2.75) is 23.6 Å². The minimum Gasteiger partial charge on any atom is -0.279 e. The van der Waals surface area contributed by atoms with Crippen molar-refractivity contribution in [3.8, 4) is 0 Å². The van der Waals surface area contributed by atoms with Gasteiger partial charge in [0, 0.05) is 10.8 Å². The predicted molar refractivity (Wildman–Crippen MR) is 135 cm³/mol. The molecule has 0 unspecified atom stereocenters. The van der Waals surface area contributed by atoms with Crippen molar-refractivity contribution in [2.24, 2.45) is 0 Å². The number of nitrogens with one attached hydrogen (secondary N) is 1. The monoisotopic (exact) mass is 490 g/mol. The summed E-state index contributed by atoms with van der Waals surface area (Å²) in [5.41, 5.74) is 3.08. The second-order valence-corrected chi connectivity index (χ2v) is 11.7. The first kappa shape index (κ1) is 22.2. The third-order valence-corrected chi connectivity index (χ3v) is 8.91. The molecule has 6 nitrogen and oxygen atoms in total. The van der Waals surface area contributed by atoms with E-state index in [-0.39, 0.29) is 9.79 Å².